The molecule has 2 aromatic rings. The van der Waals surface area contributed by atoms with Crippen LogP contribution >= 0.6 is 11.3 Å². The molecule has 1 aliphatic carbocycles. The van der Waals surface area contributed by atoms with Crippen molar-refractivity contribution in [1.82, 2.24) is 9.97 Å². The van der Waals surface area contributed by atoms with Crippen LogP contribution in [0.25, 0.3) is 0 Å². The van der Waals surface area contributed by atoms with Gasteiger partial charge in [0.25, 0.3) is 0 Å². The topological polar surface area (TPSA) is 64.3 Å². The number of ether oxygens (including phenoxy) is 1. The Labute approximate surface area is 152 Å². The van der Waals surface area contributed by atoms with Crippen molar-refractivity contribution in [3.63, 3.8) is 0 Å². The highest BCUT2D eigenvalue weighted by Gasteiger charge is 2.42. The molecule has 3 aliphatic rings. The van der Waals surface area contributed by atoms with Gasteiger partial charge in [0.1, 0.15) is 5.82 Å². The third-order valence-corrected chi connectivity index (χ3v) is 6.97. The Bertz CT molecular complexity index is 795. The Kier molecular flexibility index (Phi) is 3.71. The summed E-state index contributed by atoms with van der Waals surface area (Å²) < 4.78 is 6.33. The van der Waals surface area contributed by atoms with Crippen molar-refractivity contribution in [1.29, 1.82) is 0 Å². The van der Waals surface area contributed by atoms with E-state index < -0.39 is 0 Å². The van der Waals surface area contributed by atoms with Crippen LogP contribution in [0.15, 0.2) is 11.4 Å². The number of rotatable bonds is 1. The van der Waals surface area contributed by atoms with Gasteiger partial charge in [-0.3, -0.25) is 0 Å². The Balaban J connectivity index is 1.43. The van der Waals surface area contributed by atoms with Crippen LogP contribution < -0.4 is 10.6 Å². The smallest absolute Gasteiger partial charge is 0.222 e. The lowest BCUT2D eigenvalue weighted by molar-refractivity contribution is -0.0757. The van der Waals surface area contributed by atoms with Gasteiger partial charge in [-0.1, -0.05) is 0 Å². The lowest BCUT2D eigenvalue weighted by Crippen LogP contribution is -2.47. The van der Waals surface area contributed by atoms with Crippen LogP contribution in [0.3, 0.4) is 0 Å². The molecule has 4 heterocycles. The molecule has 1 saturated heterocycles. The molecule has 1 fully saturated rings. The summed E-state index contributed by atoms with van der Waals surface area (Å²) in [5.74, 6) is 1.50. The van der Waals surface area contributed by atoms with E-state index in [1.807, 2.05) is 11.3 Å². The van der Waals surface area contributed by atoms with E-state index in [-0.39, 0.29) is 5.60 Å². The first-order valence-corrected chi connectivity index (χ1v) is 10.2. The molecule has 0 unspecified atom stereocenters. The predicted molar refractivity (Wildman–Crippen MR) is 100 cm³/mol. The quantitative estimate of drug-likeness (QED) is 0.851. The fourth-order valence-corrected chi connectivity index (χ4v) is 5.66. The second-order valence-electron chi connectivity index (χ2n) is 7.38. The van der Waals surface area contributed by atoms with Gasteiger partial charge in [0.2, 0.25) is 5.95 Å². The Morgan fingerprint density at radius 1 is 1.12 bits per heavy atom. The monoisotopic (exact) mass is 356 g/mol. The Hall–Kier alpha value is -1.66. The van der Waals surface area contributed by atoms with Crippen molar-refractivity contribution in [3.05, 3.63) is 33.1 Å². The number of nitrogens with zero attached hydrogens (tertiary/aromatic N) is 3. The molecule has 0 radical (unpaired) electrons. The maximum atomic E-state index is 6.33. The number of piperidine rings is 1. The highest BCUT2D eigenvalue weighted by atomic mass is 32.1. The molecule has 25 heavy (non-hydrogen) atoms. The molecule has 0 bridgehead atoms. The van der Waals surface area contributed by atoms with Gasteiger partial charge < -0.3 is 15.4 Å². The van der Waals surface area contributed by atoms with Crippen molar-refractivity contribution >= 4 is 23.1 Å². The standard InChI is InChI=1S/C19H24N4OS/c20-18-21-15-4-2-1-3-13(15)17(22-18)23-9-7-19(8-10-23)14-6-12-25-16(14)5-11-24-19/h6,12H,1-5,7-11H2,(H2,20,21,22). The lowest BCUT2D eigenvalue weighted by Gasteiger charge is -2.44. The molecule has 2 aliphatic heterocycles. The van der Waals surface area contributed by atoms with E-state index >= 15 is 0 Å². The minimum Gasteiger partial charge on any atom is -0.370 e. The first-order chi connectivity index (χ1) is 12.3. The van der Waals surface area contributed by atoms with Gasteiger partial charge in [-0.05, 0) is 55.5 Å². The van der Waals surface area contributed by atoms with Crippen molar-refractivity contribution in [3.8, 4) is 0 Å². The number of hydrogen-bond acceptors (Lipinski definition) is 6. The number of hydrogen-bond donors (Lipinski definition) is 1. The zero-order valence-electron chi connectivity index (χ0n) is 14.5. The molecule has 2 aromatic heterocycles. The number of nitrogen functional groups attached to an aromatic ring is 1. The van der Waals surface area contributed by atoms with Gasteiger partial charge in [0.05, 0.1) is 17.9 Å². The second kappa shape index (κ2) is 5.95. The van der Waals surface area contributed by atoms with Crippen molar-refractivity contribution in [2.45, 2.75) is 50.5 Å². The summed E-state index contributed by atoms with van der Waals surface area (Å²) in [4.78, 5) is 13.1. The fourth-order valence-electron chi connectivity index (χ4n) is 4.70. The molecule has 132 valence electrons. The van der Waals surface area contributed by atoms with Crippen LogP contribution in [0.2, 0.25) is 0 Å². The van der Waals surface area contributed by atoms with E-state index in [2.05, 4.69) is 26.3 Å². The first kappa shape index (κ1) is 15.6. The molecule has 5 rings (SSSR count). The van der Waals surface area contributed by atoms with E-state index in [4.69, 9.17) is 10.5 Å². The Morgan fingerprint density at radius 3 is 2.84 bits per heavy atom. The van der Waals surface area contributed by atoms with Gasteiger partial charge in [-0.25, -0.2) is 4.98 Å². The van der Waals surface area contributed by atoms with Crippen molar-refractivity contribution in [2.24, 2.45) is 0 Å². The number of aryl methyl sites for hydroxylation is 1. The number of nitrogens with two attached hydrogens (primary N) is 1. The molecular formula is C19H24N4OS. The molecule has 1 spiro atoms. The number of thiophene rings is 1. The van der Waals surface area contributed by atoms with E-state index in [9.17, 15) is 0 Å². The summed E-state index contributed by atoms with van der Waals surface area (Å²) in [6.45, 7) is 2.79. The minimum absolute atomic E-state index is 0.0806. The van der Waals surface area contributed by atoms with Crippen LogP contribution in [-0.4, -0.2) is 29.7 Å². The van der Waals surface area contributed by atoms with Gasteiger partial charge in [-0.2, -0.15) is 4.98 Å². The second-order valence-corrected chi connectivity index (χ2v) is 8.38. The largest absolute Gasteiger partial charge is 0.370 e. The molecule has 0 saturated carbocycles. The molecule has 0 aromatic carbocycles. The highest BCUT2D eigenvalue weighted by Crippen LogP contribution is 2.44. The number of fused-ring (bicyclic) bond motifs is 3. The maximum absolute atomic E-state index is 6.33. The summed E-state index contributed by atoms with van der Waals surface area (Å²) in [6, 6.07) is 2.28. The van der Waals surface area contributed by atoms with Crippen LogP contribution in [-0.2, 0) is 29.6 Å². The van der Waals surface area contributed by atoms with Gasteiger partial charge in [-0.15, -0.1) is 11.3 Å². The molecule has 5 nitrogen and oxygen atoms in total. The molecular weight excluding hydrogens is 332 g/mol. The van der Waals surface area contributed by atoms with Crippen LogP contribution in [0.4, 0.5) is 11.8 Å². The van der Waals surface area contributed by atoms with Gasteiger partial charge in [0, 0.05) is 30.0 Å². The summed E-state index contributed by atoms with van der Waals surface area (Å²) in [5, 5.41) is 2.22. The van der Waals surface area contributed by atoms with Crippen LogP contribution in [0.1, 0.15) is 47.4 Å². The van der Waals surface area contributed by atoms with Crippen LogP contribution in [0.5, 0.6) is 0 Å². The minimum atomic E-state index is -0.0806. The fraction of sp³-hybridized carbons (Fsp3) is 0.579. The van der Waals surface area contributed by atoms with E-state index in [1.54, 1.807) is 0 Å². The average Bonchev–Trinajstić information content (AvgIpc) is 3.12. The SMILES string of the molecule is Nc1nc2c(c(N3CCC4(CC3)OCCc3sccc34)n1)CCCC2. The van der Waals surface area contributed by atoms with E-state index in [0.717, 1.165) is 57.6 Å². The average molecular weight is 356 g/mol. The zero-order valence-corrected chi connectivity index (χ0v) is 15.3. The van der Waals surface area contributed by atoms with Crippen molar-refractivity contribution < 1.29 is 4.74 Å². The maximum Gasteiger partial charge on any atom is 0.222 e. The highest BCUT2D eigenvalue weighted by molar-refractivity contribution is 7.10. The zero-order chi connectivity index (χ0) is 16.9. The van der Waals surface area contributed by atoms with Gasteiger partial charge >= 0.3 is 0 Å². The summed E-state index contributed by atoms with van der Waals surface area (Å²) in [6.07, 6.45) is 7.67. The van der Waals surface area contributed by atoms with Gasteiger partial charge in [0.15, 0.2) is 0 Å². The third-order valence-electron chi connectivity index (χ3n) is 5.99. The normalized spacial score (nSPS) is 21.8. The van der Waals surface area contributed by atoms with E-state index in [0.29, 0.717) is 5.95 Å². The number of aromatic nitrogens is 2. The number of anilines is 2. The van der Waals surface area contributed by atoms with E-state index in [1.165, 1.54) is 34.5 Å². The molecule has 0 atom stereocenters. The third kappa shape index (κ3) is 2.54. The first-order valence-electron chi connectivity index (χ1n) is 9.36. The summed E-state index contributed by atoms with van der Waals surface area (Å²) in [7, 11) is 0. The summed E-state index contributed by atoms with van der Waals surface area (Å²) in [5.41, 5.74) is 9.86. The van der Waals surface area contributed by atoms with Crippen LogP contribution in [0, 0.1) is 0 Å². The van der Waals surface area contributed by atoms with Crippen molar-refractivity contribution in [2.75, 3.05) is 30.3 Å². The summed E-state index contributed by atoms with van der Waals surface area (Å²) >= 11 is 1.88. The molecule has 2 N–H and O–H groups in total. The Morgan fingerprint density at radius 2 is 1.96 bits per heavy atom. The predicted octanol–water partition coefficient (Wildman–Crippen LogP) is 3.07. The lowest BCUT2D eigenvalue weighted by atomic mass is 9.82. The molecule has 6 heteroatoms. The molecule has 0 amide bonds.